The molecule has 10 heavy (non-hydrogen) atoms. The van der Waals surface area contributed by atoms with Crippen molar-refractivity contribution >= 4 is 25.0 Å². The Morgan fingerprint density at radius 3 is 2.70 bits per heavy atom. The van der Waals surface area contributed by atoms with Crippen LogP contribution in [0.5, 0.6) is 0 Å². The van der Waals surface area contributed by atoms with Crippen molar-refractivity contribution in [2.24, 2.45) is 15.7 Å². The molecule has 0 saturated carbocycles. The first-order valence-electron chi connectivity index (χ1n) is 3.05. The maximum absolute atomic E-state index is 5.36. The van der Waals surface area contributed by atoms with E-state index < -0.39 is 0 Å². The number of nitrogens with zero attached hydrogens (tertiary/aromatic N) is 2. The minimum Gasteiger partial charge on any atom is -0.330 e. The normalized spacial score (nSPS) is 28.6. The van der Waals surface area contributed by atoms with Crippen LogP contribution in [0.3, 0.4) is 0 Å². The van der Waals surface area contributed by atoms with Crippen LogP contribution in [0.25, 0.3) is 0 Å². The van der Waals surface area contributed by atoms with Gasteiger partial charge in [-0.1, -0.05) is 0 Å². The van der Waals surface area contributed by atoms with Crippen LogP contribution in [0.1, 0.15) is 13.3 Å². The lowest BCUT2D eigenvalue weighted by Crippen LogP contribution is -2.25. The fourth-order valence-corrected chi connectivity index (χ4v) is 0.814. The highest BCUT2D eigenvalue weighted by Gasteiger charge is 2.20. The number of hydrogen-bond donors (Lipinski definition) is 1. The summed E-state index contributed by atoms with van der Waals surface area (Å²) in [6.07, 6.45) is 4.29. The molecular weight excluding hydrogens is 150 g/mol. The molecule has 1 unspecified atom stereocenters. The van der Waals surface area contributed by atoms with Gasteiger partial charge in [-0.25, -0.2) is 4.99 Å². The van der Waals surface area contributed by atoms with Gasteiger partial charge < -0.3 is 5.73 Å². The van der Waals surface area contributed by atoms with Crippen molar-refractivity contribution in [1.82, 2.24) is 0 Å². The van der Waals surface area contributed by atoms with E-state index in [-0.39, 0.29) is 17.9 Å². The van der Waals surface area contributed by atoms with Crippen molar-refractivity contribution in [3.63, 3.8) is 0 Å². The Labute approximate surface area is 66.8 Å². The van der Waals surface area contributed by atoms with Crippen LogP contribution in [0.15, 0.2) is 9.98 Å². The SMILES string of the molecule is CC1(CCN)C=NC=N1.Cl. The predicted octanol–water partition coefficient (Wildman–Crippen LogP) is 0.628. The monoisotopic (exact) mass is 161 g/mol. The number of nitrogens with two attached hydrogens (primary N) is 1. The van der Waals surface area contributed by atoms with Crippen LogP contribution in [0.2, 0.25) is 0 Å². The Morgan fingerprint density at radius 2 is 2.30 bits per heavy atom. The topological polar surface area (TPSA) is 50.7 Å². The Morgan fingerprint density at radius 1 is 1.60 bits per heavy atom. The minimum atomic E-state index is -0.102. The molecule has 0 bridgehead atoms. The van der Waals surface area contributed by atoms with Gasteiger partial charge in [0, 0.05) is 6.21 Å². The van der Waals surface area contributed by atoms with E-state index in [1.165, 1.54) is 0 Å². The second-order valence-electron chi connectivity index (χ2n) is 2.42. The van der Waals surface area contributed by atoms with Gasteiger partial charge >= 0.3 is 0 Å². The molecule has 0 spiro atoms. The molecule has 2 N–H and O–H groups in total. The zero-order valence-corrected chi connectivity index (χ0v) is 6.77. The molecule has 0 amide bonds. The first kappa shape index (κ1) is 9.59. The Balaban J connectivity index is 0.000000810. The molecule has 1 aliphatic rings. The summed E-state index contributed by atoms with van der Waals surface area (Å²) < 4.78 is 0. The van der Waals surface area contributed by atoms with E-state index in [4.69, 9.17) is 5.73 Å². The van der Waals surface area contributed by atoms with E-state index in [2.05, 4.69) is 9.98 Å². The van der Waals surface area contributed by atoms with E-state index >= 15 is 0 Å². The van der Waals surface area contributed by atoms with Crippen molar-refractivity contribution in [3.8, 4) is 0 Å². The fraction of sp³-hybridized carbons (Fsp3) is 0.667. The van der Waals surface area contributed by atoms with Gasteiger partial charge in [0.25, 0.3) is 0 Å². The molecule has 1 atom stereocenters. The highest BCUT2D eigenvalue weighted by atomic mass is 35.5. The van der Waals surface area contributed by atoms with Crippen LogP contribution in [-0.2, 0) is 0 Å². The molecule has 0 aromatic carbocycles. The molecule has 0 saturated heterocycles. The van der Waals surface area contributed by atoms with Crippen LogP contribution < -0.4 is 5.73 Å². The molecule has 0 aliphatic carbocycles. The van der Waals surface area contributed by atoms with Crippen molar-refractivity contribution < 1.29 is 0 Å². The highest BCUT2D eigenvalue weighted by molar-refractivity contribution is 5.85. The predicted molar refractivity (Wildman–Crippen MR) is 46.3 cm³/mol. The van der Waals surface area contributed by atoms with Gasteiger partial charge in [0.15, 0.2) is 0 Å². The van der Waals surface area contributed by atoms with Gasteiger partial charge in [-0.2, -0.15) is 0 Å². The molecule has 1 rings (SSSR count). The molecular formula is C6H12ClN3. The van der Waals surface area contributed by atoms with Crippen molar-refractivity contribution in [2.45, 2.75) is 18.9 Å². The lowest BCUT2D eigenvalue weighted by atomic mass is 10.0. The average molecular weight is 162 g/mol. The smallest absolute Gasteiger partial charge is 0.110 e. The maximum Gasteiger partial charge on any atom is 0.110 e. The molecule has 1 heterocycles. The van der Waals surface area contributed by atoms with E-state index in [1.807, 2.05) is 13.1 Å². The van der Waals surface area contributed by atoms with Gasteiger partial charge in [-0.15, -0.1) is 12.4 Å². The van der Waals surface area contributed by atoms with Crippen LogP contribution in [0, 0.1) is 0 Å². The average Bonchev–Trinajstić information content (AvgIpc) is 2.16. The van der Waals surface area contributed by atoms with Crippen LogP contribution >= 0.6 is 12.4 Å². The highest BCUT2D eigenvalue weighted by Crippen LogP contribution is 2.13. The van der Waals surface area contributed by atoms with Gasteiger partial charge in [0.1, 0.15) is 6.34 Å². The van der Waals surface area contributed by atoms with E-state index in [0.717, 1.165) is 6.42 Å². The number of aliphatic imine (C=N–C) groups is 2. The molecule has 0 fully saturated rings. The van der Waals surface area contributed by atoms with Gasteiger partial charge in [0.05, 0.1) is 5.54 Å². The first-order valence-corrected chi connectivity index (χ1v) is 3.05. The Hall–Kier alpha value is -0.410. The van der Waals surface area contributed by atoms with Gasteiger partial charge in [-0.05, 0) is 19.9 Å². The molecule has 0 aromatic heterocycles. The summed E-state index contributed by atoms with van der Waals surface area (Å²) in [4.78, 5) is 8.01. The lowest BCUT2D eigenvalue weighted by Gasteiger charge is -2.13. The second kappa shape index (κ2) is 3.68. The minimum absolute atomic E-state index is 0. The number of halogens is 1. The third kappa shape index (κ3) is 2.08. The summed E-state index contributed by atoms with van der Waals surface area (Å²) in [6, 6.07) is 0. The zero-order chi connectivity index (χ0) is 6.74. The third-order valence-electron chi connectivity index (χ3n) is 1.42. The number of hydrogen-bond acceptors (Lipinski definition) is 3. The Bertz CT molecular complexity index is 141. The summed E-state index contributed by atoms with van der Waals surface area (Å²) in [7, 11) is 0. The van der Waals surface area contributed by atoms with Crippen LogP contribution in [-0.4, -0.2) is 24.6 Å². The number of rotatable bonds is 2. The van der Waals surface area contributed by atoms with E-state index in [1.54, 1.807) is 6.34 Å². The third-order valence-corrected chi connectivity index (χ3v) is 1.42. The molecule has 4 heteroatoms. The summed E-state index contributed by atoms with van der Waals surface area (Å²) in [5.41, 5.74) is 5.26. The largest absolute Gasteiger partial charge is 0.330 e. The summed E-state index contributed by atoms with van der Waals surface area (Å²) in [5, 5.41) is 0. The van der Waals surface area contributed by atoms with Gasteiger partial charge in [-0.3, -0.25) is 4.99 Å². The summed E-state index contributed by atoms with van der Waals surface area (Å²) in [5.74, 6) is 0. The second-order valence-corrected chi connectivity index (χ2v) is 2.42. The van der Waals surface area contributed by atoms with Gasteiger partial charge in [0.2, 0.25) is 0 Å². The van der Waals surface area contributed by atoms with E-state index in [0.29, 0.717) is 6.54 Å². The fourth-order valence-electron chi connectivity index (χ4n) is 0.814. The van der Waals surface area contributed by atoms with Crippen molar-refractivity contribution in [2.75, 3.05) is 6.54 Å². The van der Waals surface area contributed by atoms with Crippen LogP contribution in [0.4, 0.5) is 0 Å². The van der Waals surface area contributed by atoms with E-state index in [9.17, 15) is 0 Å². The zero-order valence-electron chi connectivity index (χ0n) is 5.95. The van der Waals surface area contributed by atoms with Crippen molar-refractivity contribution in [1.29, 1.82) is 0 Å². The standard InChI is InChI=1S/C6H11N3.ClH/c1-6(2-3-7)4-8-5-9-6;/h4-5H,2-3,7H2,1H3;1H. The molecule has 3 nitrogen and oxygen atoms in total. The first-order chi connectivity index (χ1) is 4.27. The summed E-state index contributed by atoms with van der Waals surface area (Å²) in [6.45, 7) is 2.69. The Kier molecular flexibility index (Phi) is 3.53. The molecule has 0 radical (unpaired) electrons. The quantitative estimate of drug-likeness (QED) is 0.635. The molecule has 0 aromatic rings. The summed E-state index contributed by atoms with van der Waals surface area (Å²) >= 11 is 0. The lowest BCUT2D eigenvalue weighted by molar-refractivity contribution is 0.600. The molecule has 1 aliphatic heterocycles. The molecule has 58 valence electrons. The maximum atomic E-state index is 5.36. The van der Waals surface area contributed by atoms with Crippen molar-refractivity contribution in [3.05, 3.63) is 0 Å².